The normalized spacial score (nSPS) is 13.7. The lowest BCUT2D eigenvalue weighted by atomic mass is 10.0. The fourth-order valence-electron chi connectivity index (χ4n) is 6.31. The van der Waals surface area contributed by atoms with Gasteiger partial charge in [-0.15, -0.1) is 0 Å². The van der Waals surface area contributed by atoms with Gasteiger partial charge >= 0.3 is 0 Å². The van der Waals surface area contributed by atoms with Gasteiger partial charge in [0, 0.05) is 0 Å². The van der Waals surface area contributed by atoms with Gasteiger partial charge in [-0.3, -0.25) is 9.59 Å². The van der Waals surface area contributed by atoms with E-state index in [0.717, 1.165) is 70.9 Å². The Morgan fingerprint density at radius 1 is 0.621 bits per heavy atom. The van der Waals surface area contributed by atoms with Crippen molar-refractivity contribution in [2.75, 3.05) is 38.1 Å². The maximum Gasteiger partial charge on any atom is 0.268 e. The van der Waals surface area contributed by atoms with Crippen LogP contribution < -0.4 is 29.6 Å². The maximum atomic E-state index is 13.8. The largest absolute Gasteiger partial charge is 0.495 e. The number of thioether (sulfide) groups is 4. The van der Waals surface area contributed by atoms with Crippen molar-refractivity contribution in [1.29, 1.82) is 10.5 Å². The molecule has 10 nitrogen and oxygen atoms in total. The quantitative estimate of drug-likeness (QED) is 0.0824. The van der Waals surface area contributed by atoms with E-state index in [-0.39, 0.29) is 11.1 Å². The van der Waals surface area contributed by atoms with Crippen molar-refractivity contribution in [2.45, 2.75) is 98.6 Å². The molecule has 0 spiro atoms. The average Bonchev–Trinajstić information content (AvgIpc) is 3.87. The van der Waals surface area contributed by atoms with E-state index in [9.17, 15) is 20.1 Å². The number of methoxy groups -OCH3 is 2. The number of rotatable bonds is 20. The minimum Gasteiger partial charge on any atom is -0.495 e. The number of hydrogen-bond acceptors (Lipinski definition) is 12. The Morgan fingerprint density at radius 3 is 1.29 bits per heavy atom. The number of para-hydroxylation sites is 4. The Bertz CT molecular complexity index is 1940. The number of fused-ring (bicyclic) bond motifs is 2. The van der Waals surface area contributed by atoms with Gasteiger partial charge in [-0.05, 0) is 48.9 Å². The van der Waals surface area contributed by atoms with Crippen LogP contribution in [0.25, 0.3) is 0 Å². The zero-order chi connectivity index (χ0) is 41.6. The number of ether oxygens (including phenoxy) is 4. The molecular formula is C44H50N4O6S4. The van der Waals surface area contributed by atoms with E-state index in [4.69, 9.17) is 18.9 Å². The van der Waals surface area contributed by atoms with E-state index in [1.54, 1.807) is 48.5 Å². The van der Waals surface area contributed by atoms with Gasteiger partial charge in [-0.1, -0.05) is 138 Å². The van der Waals surface area contributed by atoms with E-state index in [2.05, 4.69) is 50.5 Å². The molecule has 0 aliphatic carbocycles. The second-order valence-corrected chi connectivity index (χ2v) is 18.3. The van der Waals surface area contributed by atoms with Gasteiger partial charge in [-0.2, -0.15) is 10.5 Å². The highest BCUT2D eigenvalue weighted by atomic mass is 32.2. The lowest BCUT2D eigenvalue weighted by Gasteiger charge is -2.22. The first-order valence-corrected chi connectivity index (χ1v) is 22.9. The molecule has 2 N–H and O–H groups in total. The summed E-state index contributed by atoms with van der Waals surface area (Å²) in [6, 6.07) is 18.4. The highest BCUT2D eigenvalue weighted by molar-refractivity contribution is 8.26. The van der Waals surface area contributed by atoms with E-state index in [0.29, 0.717) is 67.9 Å². The number of unbranched alkanes of at least 4 members (excludes halogenated alkanes) is 2. The van der Waals surface area contributed by atoms with Crippen molar-refractivity contribution < 1.29 is 28.5 Å². The molecule has 0 aromatic heterocycles. The predicted molar refractivity (Wildman–Crippen MR) is 236 cm³/mol. The Balaban J connectivity index is 1.63. The molecular weight excluding hydrogens is 809 g/mol. The van der Waals surface area contributed by atoms with E-state index in [1.165, 1.54) is 61.3 Å². The second-order valence-electron chi connectivity index (χ2n) is 13.7. The fourth-order valence-corrected chi connectivity index (χ4v) is 11.7. The molecule has 2 atom stereocenters. The van der Waals surface area contributed by atoms with Crippen LogP contribution in [0.4, 0.5) is 11.4 Å². The summed E-state index contributed by atoms with van der Waals surface area (Å²) >= 11 is 5.24. The zero-order valence-electron chi connectivity index (χ0n) is 33.8. The van der Waals surface area contributed by atoms with Gasteiger partial charge in [0.2, 0.25) is 0 Å². The molecule has 0 bridgehead atoms. The van der Waals surface area contributed by atoms with Crippen molar-refractivity contribution in [1.82, 2.24) is 0 Å². The smallest absolute Gasteiger partial charge is 0.268 e. The molecule has 14 heteroatoms. The molecule has 0 radical (unpaired) electrons. The van der Waals surface area contributed by atoms with Crippen molar-refractivity contribution in [3.8, 4) is 35.1 Å². The summed E-state index contributed by atoms with van der Waals surface area (Å²) in [5, 5.41) is 26.6. The number of hydrogen-bond donors (Lipinski definition) is 2. The third-order valence-corrected chi connectivity index (χ3v) is 15.0. The van der Waals surface area contributed by atoms with Gasteiger partial charge in [0.15, 0.2) is 0 Å². The van der Waals surface area contributed by atoms with Gasteiger partial charge in [0.25, 0.3) is 11.8 Å². The first-order valence-electron chi connectivity index (χ1n) is 19.6. The molecule has 0 saturated carbocycles. The van der Waals surface area contributed by atoms with E-state index < -0.39 is 11.8 Å². The number of carbonyl (C=O) groups is 2. The van der Waals surface area contributed by atoms with Gasteiger partial charge in [0.1, 0.15) is 46.3 Å². The Kier molecular flexibility index (Phi) is 17.1. The van der Waals surface area contributed by atoms with Crippen LogP contribution in [-0.2, 0) is 9.59 Å². The summed E-state index contributed by atoms with van der Waals surface area (Å²) in [7, 11) is 3.05. The third kappa shape index (κ3) is 10.6. The predicted octanol–water partition coefficient (Wildman–Crippen LogP) is 12.0. The van der Waals surface area contributed by atoms with Gasteiger partial charge in [-0.25, -0.2) is 0 Å². The molecule has 0 saturated heterocycles. The minimum atomic E-state index is -0.558. The van der Waals surface area contributed by atoms with E-state index in [1.807, 2.05) is 0 Å². The monoisotopic (exact) mass is 858 g/mol. The second kappa shape index (κ2) is 22.1. The molecule has 3 aromatic rings. The van der Waals surface area contributed by atoms with Crippen LogP contribution in [0.2, 0.25) is 0 Å². The van der Waals surface area contributed by atoms with Crippen molar-refractivity contribution >= 4 is 70.2 Å². The molecule has 2 aliphatic rings. The first kappa shape index (κ1) is 44.8. The molecule has 2 unspecified atom stereocenters. The third-order valence-electron chi connectivity index (χ3n) is 9.83. The van der Waals surface area contributed by atoms with Crippen LogP contribution in [0, 0.1) is 34.5 Å². The van der Waals surface area contributed by atoms with Crippen LogP contribution in [0.1, 0.15) is 79.1 Å². The summed E-state index contributed by atoms with van der Waals surface area (Å²) < 4.78 is 25.5. The molecule has 58 heavy (non-hydrogen) atoms. The number of anilines is 2. The van der Waals surface area contributed by atoms with Crippen LogP contribution in [0.3, 0.4) is 0 Å². The number of nitriles is 2. The van der Waals surface area contributed by atoms with Crippen LogP contribution in [0.5, 0.6) is 23.0 Å². The number of nitrogens with one attached hydrogen (secondary N) is 2. The Hall–Kier alpha value is -4.34. The highest BCUT2D eigenvalue weighted by Crippen LogP contribution is 2.68. The Labute approximate surface area is 359 Å². The Morgan fingerprint density at radius 2 is 0.983 bits per heavy atom. The number of nitrogens with zero attached hydrogens (tertiary/aromatic N) is 2. The minimum absolute atomic E-state index is 0.0430. The highest BCUT2D eigenvalue weighted by Gasteiger charge is 2.40. The number of carbonyl (C=O) groups excluding carboxylic acids is 2. The average molecular weight is 859 g/mol. The molecule has 0 fully saturated rings. The van der Waals surface area contributed by atoms with Crippen molar-refractivity contribution in [3.63, 3.8) is 0 Å². The zero-order valence-corrected chi connectivity index (χ0v) is 37.1. The molecule has 306 valence electrons. The summed E-state index contributed by atoms with van der Waals surface area (Å²) in [5.74, 6) is 1.63. The van der Waals surface area contributed by atoms with Crippen LogP contribution in [0.15, 0.2) is 87.7 Å². The lowest BCUT2D eigenvalue weighted by molar-refractivity contribution is -0.113. The lowest BCUT2D eigenvalue weighted by Crippen LogP contribution is -2.15. The first-order chi connectivity index (χ1) is 28.2. The summed E-state index contributed by atoms with van der Waals surface area (Å²) in [4.78, 5) is 30.5. The number of benzene rings is 3. The summed E-state index contributed by atoms with van der Waals surface area (Å²) in [6.07, 6.45) is 8.21. The maximum absolute atomic E-state index is 13.8. The van der Waals surface area contributed by atoms with E-state index >= 15 is 0 Å². The van der Waals surface area contributed by atoms with Crippen LogP contribution in [-0.4, -0.2) is 39.2 Å². The topological polar surface area (TPSA) is 143 Å². The molecule has 2 amide bonds. The summed E-state index contributed by atoms with van der Waals surface area (Å²) in [6.45, 7) is 9.58. The fraction of sp³-hybridized carbons (Fsp3) is 0.409. The molecule has 5 rings (SSSR count). The standard InChI is InChI=1S/C44H50N4O6S4/c1-7-11-17-27(9-3)25-53-35-37-39(57-43(55-37)29(23-45)41(49)47-31-19-13-15-21-33(31)51-5)36(54-26-28(10-4)18-12-8-2)40-38(35)56-44(58-40)30(24-46)42(50)48-32-20-14-16-22-34(32)52-6/h13-16,19-22,27-28H,7-12,17-18,25-26H2,1-6H3,(H,47,49)(H,48,50). The van der Waals surface area contributed by atoms with Crippen LogP contribution >= 0.6 is 47.0 Å². The van der Waals surface area contributed by atoms with Gasteiger partial charge < -0.3 is 29.6 Å². The molecule has 2 heterocycles. The van der Waals surface area contributed by atoms with Crippen molar-refractivity contribution in [3.05, 3.63) is 68.2 Å². The summed E-state index contributed by atoms with van der Waals surface area (Å²) in [5.41, 5.74) is 0.815. The number of amides is 2. The molecule has 2 aliphatic heterocycles. The SMILES string of the molecule is CCCCC(CC)COc1c2c(c(OCC(CC)CCCC)c3c1SC(=C(C#N)C(=O)Nc1ccccc1OC)S3)SC(=C(C#N)C(=O)Nc1ccccc1OC)S2. The molecule has 3 aromatic carbocycles. The van der Waals surface area contributed by atoms with Gasteiger partial charge in [0.05, 0.1) is 66.9 Å². The van der Waals surface area contributed by atoms with Crippen molar-refractivity contribution in [2.24, 2.45) is 11.8 Å².